The molecule has 3 N–H and O–H groups in total. The molecule has 26 heavy (non-hydrogen) atoms. The molecule has 1 aliphatic heterocycles. The summed E-state index contributed by atoms with van der Waals surface area (Å²) >= 11 is 6.27. The molecule has 0 saturated carbocycles. The van der Waals surface area contributed by atoms with Crippen molar-refractivity contribution in [3.8, 4) is 11.5 Å². The summed E-state index contributed by atoms with van der Waals surface area (Å²) in [6, 6.07) is 12.8. The lowest BCUT2D eigenvalue weighted by molar-refractivity contribution is -0.242. The number of aliphatic hydroxyl groups is 3. The van der Waals surface area contributed by atoms with Crippen LogP contribution in [0.5, 0.6) is 11.5 Å². The fourth-order valence-electron chi connectivity index (χ4n) is 2.72. The highest BCUT2D eigenvalue weighted by Crippen LogP contribution is 2.26. The minimum Gasteiger partial charge on any atom is -0.497 e. The van der Waals surface area contributed by atoms with Gasteiger partial charge in [-0.15, -0.1) is 0 Å². The zero-order chi connectivity index (χ0) is 18.7. The normalized spacial score (nSPS) is 25.7. The monoisotopic (exact) mass is 380 g/mol. The first-order valence-electron chi connectivity index (χ1n) is 8.21. The number of hydrogen-bond acceptors (Lipinski definition) is 6. The van der Waals surface area contributed by atoms with Crippen LogP contribution < -0.4 is 9.47 Å². The average Bonchev–Trinajstić information content (AvgIpc) is 2.65. The van der Waals surface area contributed by atoms with Gasteiger partial charge in [0.2, 0.25) is 6.29 Å². The maximum atomic E-state index is 9.91. The lowest BCUT2D eigenvalue weighted by atomic mass is 10.0. The van der Waals surface area contributed by atoms with Crippen LogP contribution in [0.25, 0.3) is 0 Å². The van der Waals surface area contributed by atoms with Gasteiger partial charge in [-0.1, -0.05) is 29.8 Å². The van der Waals surface area contributed by atoms with Gasteiger partial charge >= 0.3 is 0 Å². The fourth-order valence-corrected chi connectivity index (χ4v) is 2.96. The lowest BCUT2D eigenvalue weighted by Gasteiger charge is -2.34. The van der Waals surface area contributed by atoms with Gasteiger partial charge in [-0.05, 0) is 41.8 Å². The molecule has 0 amide bonds. The predicted octanol–water partition coefficient (Wildman–Crippen LogP) is 1.76. The van der Waals surface area contributed by atoms with Gasteiger partial charge in [-0.2, -0.15) is 0 Å². The third kappa shape index (κ3) is 4.28. The molecule has 6 nitrogen and oxygen atoms in total. The van der Waals surface area contributed by atoms with Crippen molar-refractivity contribution >= 4 is 11.6 Å². The molecule has 0 aromatic heterocycles. The molecule has 1 fully saturated rings. The third-order valence-corrected chi connectivity index (χ3v) is 4.64. The Morgan fingerprint density at radius 3 is 2.38 bits per heavy atom. The van der Waals surface area contributed by atoms with E-state index in [-0.39, 0.29) is 6.61 Å². The molecule has 1 aliphatic rings. The first-order chi connectivity index (χ1) is 12.5. The van der Waals surface area contributed by atoms with E-state index < -0.39 is 24.6 Å². The second-order valence-corrected chi connectivity index (χ2v) is 6.55. The maximum Gasteiger partial charge on any atom is 0.228 e. The molecule has 0 spiro atoms. The van der Waals surface area contributed by atoms with Crippen LogP contribution in [0.15, 0.2) is 42.5 Å². The quantitative estimate of drug-likeness (QED) is 0.732. The van der Waals surface area contributed by atoms with Gasteiger partial charge in [0.05, 0.1) is 13.7 Å². The molecular formula is C19H21ClO6. The minimum absolute atomic E-state index is 0.100. The lowest BCUT2D eigenvalue weighted by Crippen LogP contribution is -2.54. The maximum absolute atomic E-state index is 9.91. The number of ether oxygens (including phenoxy) is 3. The van der Waals surface area contributed by atoms with Gasteiger partial charge in [0, 0.05) is 5.02 Å². The SMILES string of the molecule is COc1ccc(Cc2ccc(O[C@H]3OC[C@H](O)[C@H](O)[C@H]3O)cc2)c(Cl)c1. The summed E-state index contributed by atoms with van der Waals surface area (Å²) in [6.07, 6.45) is -4.13. The van der Waals surface area contributed by atoms with Crippen LogP contribution in [0.2, 0.25) is 5.02 Å². The van der Waals surface area contributed by atoms with E-state index in [1.807, 2.05) is 24.3 Å². The molecular weight excluding hydrogens is 360 g/mol. The summed E-state index contributed by atoms with van der Waals surface area (Å²) in [5.41, 5.74) is 2.01. The van der Waals surface area contributed by atoms with Gasteiger partial charge in [-0.3, -0.25) is 0 Å². The summed E-state index contributed by atoms with van der Waals surface area (Å²) in [7, 11) is 1.59. The van der Waals surface area contributed by atoms with Crippen LogP contribution in [0, 0.1) is 0 Å². The molecule has 140 valence electrons. The molecule has 7 heteroatoms. The van der Waals surface area contributed by atoms with E-state index in [1.165, 1.54) is 0 Å². The first-order valence-corrected chi connectivity index (χ1v) is 8.59. The number of aliphatic hydroxyl groups excluding tert-OH is 3. The molecule has 0 radical (unpaired) electrons. The Hall–Kier alpha value is -1.83. The topological polar surface area (TPSA) is 88.4 Å². The van der Waals surface area contributed by atoms with Crippen molar-refractivity contribution < 1.29 is 29.5 Å². The van der Waals surface area contributed by atoms with Crippen molar-refractivity contribution in [2.45, 2.75) is 31.0 Å². The average molecular weight is 381 g/mol. The summed E-state index contributed by atoms with van der Waals surface area (Å²) in [4.78, 5) is 0. The van der Waals surface area contributed by atoms with Crippen LogP contribution in [-0.4, -0.2) is 53.6 Å². The standard InChI is InChI=1S/C19H21ClO6/c1-24-14-7-4-12(15(20)9-14)8-11-2-5-13(6-3-11)26-19-18(23)17(22)16(21)10-25-19/h2-7,9,16-19,21-23H,8,10H2,1H3/t16-,17-,18+,19+/m0/s1. The Bertz CT molecular complexity index is 735. The van der Waals surface area contributed by atoms with E-state index >= 15 is 0 Å². The molecule has 1 saturated heterocycles. The Morgan fingerprint density at radius 2 is 1.73 bits per heavy atom. The predicted molar refractivity (Wildman–Crippen MR) is 95.6 cm³/mol. The fraction of sp³-hybridized carbons (Fsp3) is 0.368. The van der Waals surface area contributed by atoms with E-state index in [9.17, 15) is 15.3 Å². The number of rotatable bonds is 5. The second kappa shape index (κ2) is 8.24. The van der Waals surface area contributed by atoms with E-state index in [0.29, 0.717) is 22.9 Å². The largest absolute Gasteiger partial charge is 0.497 e. The minimum atomic E-state index is -1.32. The zero-order valence-electron chi connectivity index (χ0n) is 14.2. The smallest absolute Gasteiger partial charge is 0.228 e. The summed E-state index contributed by atoms with van der Waals surface area (Å²) in [5.74, 6) is 1.20. The summed E-state index contributed by atoms with van der Waals surface area (Å²) in [6.45, 7) is -0.100. The van der Waals surface area contributed by atoms with E-state index in [4.69, 9.17) is 25.8 Å². The Labute approximate surface area is 156 Å². The van der Waals surface area contributed by atoms with E-state index in [2.05, 4.69) is 0 Å². The van der Waals surface area contributed by atoms with Gasteiger partial charge < -0.3 is 29.5 Å². The second-order valence-electron chi connectivity index (χ2n) is 6.15. The zero-order valence-corrected chi connectivity index (χ0v) is 15.0. The molecule has 0 bridgehead atoms. The van der Waals surface area contributed by atoms with Gasteiger partial charge in [0.15, 0.2) is 0 Å². The van der Waals surface area contributed by atoms with Crippen molar-refractivity contribution in [1.29, 1.82) is 0 Å². The van der Waals surface area contributed by atoms with Crippen LogP contribution >= 0.6 is 11.6 Å². The Balaban J connectivity index is 1.63. The first kappa shape index (κ1) is 18.9. The van der Waals surface area contributed by atoms with Crippen molar-refractivity contribution in [1.82, 2.24) is 0 Å². The van der Waals surface area contributed by atoms with Crippen LogP contribution in [0.4, 0.5) is 0 Å². The summed E-state index contributed by atoms with van der Waals surface area (Å²) < 4.78 is 15.9. The van der Waals surface area contributed by atoms with Crippen LogP contribution in [0.1, 0.15) is 11.1 Å². The van der Waals surface area contributed by atoms with Crippen molar-refractivity contribution in [2.24, 2.45) is 0 Å². The molecule has 4 atom stereocenters. The molecule has 1 heterocycles. The Kier molecular flexibility index (Phi) is 6.01. The van der Waals surface area contributed by atoms with Gasteiger partial charge in [-0.25, -0.2) is 0 Å². The third-order valence-electron chi connectivity index (χ3n) is 4.28. The molecule has 0 unspecified atom stereocenters. The molecule has 0 aliphatic carbocycles. The molecule has 2 aromatic carbocycles. The highest BCUT2D eigenvalue weighted by molar-refractivity contribution is 6.31. The van der Waals surface area contributed by atoms with E-state index in [0.717, 1.165) is 11.1 Å². The summed E-state index contributed by atoms with van der Waals surface area (Å²) in [5, 5.41) is 29.7. The molecule has 3 rings (SSSR count). The highest BCUT2D eigenvalue weighted by atomic mass is 35.5. The van der Waals surface area contributed by atoms with Crippen molar-refractivity contribution in [3.63, 3.8) is 0 Å². The number of methoxy groups -OCH3 is 1. The molecule has 2 aromatic rings. The van der Waals surface area contributed by atoms with Crippen molar-refractivity contribution in [2.75, 3.05) is 13.7 Å². The Morgan fingerprint density at radius 1 is 1.04 bits per heavy atom. The number of hydrogen-bond donors (Lipinski definition) is 3. The van der Waals surface area contributed by atoms with Gasteiger partial charge in [0.25, 0.3) is 0 Å². The number of benzene rings is 2. The van der Waals surface area contributed by atoms with Crippen LogP contribution in [0.3, 0.4) is 0 Å². The van der Waals surface area contributed by atoms with Crippen LogP contribution in [-0.2, 0) is 11.2 Å². The highest BCUT2D eigenvalue weighted by Gasteiger charge is 2.38. The van der Waals surface area contributed by atoms with Gasteiger partial charge in [0.1, 0.15) is 29.8 Å². The van der Waals surface area contributed by atoms with E-state index in [1.54, 1.807) is 25.3 Å². The van der Waals surface area contributed by atoms with Crippen molar-refractivity contribution in [3.05, 3.63) is 58.6 Å². The number of halogens is 1.